The average Bonchev–Trinajstić information content (AvgIpc) is 2.97. The van der Waals surface area contributed by atoms with Crippen LogP contribution < -0.4 is 5.32 Å². The Morgan fingerprint density at radius 2 is 2.32 bits per heavy atom. The number of nitrogens with zero attached hydrogens (tertiary/aromatic N) is 2. The molecule has 4 heteroatoms. The highest BCUT2D eigenvalue weighted by molar-refractivity contribution is 4.88. The van der Waals surface area contributed by atoms with Gasteiger partial charge < -0.3 is 19.9 Å². The van der Waals surface area contributed by atoms with Crippen LogP contribution in [0.15, 0.2) is 0 Å². The van der Waals surface area contributed by atoms with Crippen LogP contribution in [-0.2, 0) is 4.74 Å². The number of likely N-dealkylation sites (tertiary alicyclic amines) is 1. The van der Waals surface area contributed by atoms with E-state index in [1.54, 1.807) is 0 Å². The van der Waals surface area contributed by atoms with E-state index in [9.17, 15) is 0 Å². The van der Waals surface area contributed by atoms with Gasteiger partial charge in [0.2, 0.25) is 0 Å². The van der Waals surface area contributed by atoms with Gasteiger partial charge in [0.1, 0.15) is 0 Å². The maximum absolute atomic E-state index is 5.67. The van der Waals surface area contributed by atoms with Gasteiger partial charge in [0.05, 0.1) is 6.61 Å². The molecule has 112 valence electrons. The normalized spacial score (nSPS) is 32.5. The van der Waals surface area contributed by atoms with Crippen LogP contribution in [-0.4, -0.2) is 76.4 Å². The first kappa shape index (κ1) is 15.2. The van der Waals surface area contributed by atoms with Crippen molar-refractivity contribution in [2.75, 3.05) is 66.6 Å². The molecule has 2 saturated heterocycles. The summed E-state index contributed by atoms with van der Waals surface area (Å²) in [4.78, 5) is 4.99. The molecule has 4 nitrogen and oxygen atoms in total. The fourth-order valence-electron chi connectivity index (χ4n) is 3.61. The van der Waals surface area contributed by atoms with Gasteiger partial charge in [0.15, 0.2) is 0 Å². The smallest absolute Gasteiger partial charge is 0.0547 e. The lowest BCUT2D eigenvalue weighted by Crippen LogP contribution is -2.44. The van der Waals surface area contributed by atoms with Crippen LogP contribution in [0.4, 0.5) is 0 Å². The quantitative estimate of drug-likeness (QED) is 0.743. The minimum atomic E-state index is 0.343. The second-order valence-electron chi connectivity index (χ2n) is 6.70. The Bertz CT molecular complexity index is 266. The van der Waals surface area contributed by atoms with Gasteiger partial charge in [-0.05, 0) is 45.9 Å². The highest BCUT2D eigenvalue weighted by atomic mass is 16.5. The highest BCUT2D eigenvalue weighted by Crippen LogP contribution is 2.29. The Morgan fingerprint density at radius 3 is 2.89 bits per heavy atom. The van der Waals surface area contributed by atoms with Crippen molar-refractivity contribution < 1.29 is 4.74 Å². The third-order valence-electron chi connectivity index (χ3n) is 4.60. The largest absolute Gasteiger partial charge is 0.381 e. The van der Waals surface area contributed by atoms with Gasteiger partial charge in [0.25, 0.3) is 0 Å². The van der Waals surface area contributed by atoms with Crippen LogP contribution in [0.1, 0.15) is 19.8 Å². The molecule has 2 rings (SSSR count). The summed E-state index contributed by atoms with van der Waals surface area (Å²) in [6.07, 6.45) is 2.56. The molecular formula is C15H31N3O. The molecule has 0 aromatic carbocycles. The number of rotatable bonds is 7. The summed E-state index contributed by atoms with van der Waals surface area (Å²) in [5.74, 6) is 0.855. The van der Waals surface area contributed by atoms with Crippen molar-refractivity contribution in [1.82, 2.24) is 15.1 Å². The molecular weight excluding hydrogens is 238 g/mol. The van der Waals surface area contributed by atoms with E-state index >= 15 is 0 Å². The topological polar surface area (TPSA) is 27.7 Å². The number of hydrogen-bond acceptors (Lipinski definition) is 4. The molecule has 0 saturated carbocycles. The number of hydrogen-bond donors (Lipinski definition) is 1. The summed E-state index contributed by atoms with van der Waals surface area (Å²) in [7, 11) is 4.52. The molecule has 0 aromatic heterocycles. The lowest BCUT2D eigenvalue weighted by molar-refractivity contribution is 0.113. The van der Waals surface area contributed by atoms with Crippen molar-refractivity contribution in [3.05, 3.63) is 0 Å². The van der Waals surface area contributed by atoms with Gasteiger partial charge >= 0.3 is 0 Å². The van der Waals surface area contributed by atoms with E-state index in [4.69, 9.17) is 4.74 Å². The first-order chi connectivity index (χ1) is 9.13. The van der Waals surface area contributed by atoms with E-state index in [1.165, 1.54) is 39.0 Å². The molecule has 2 atom stereocenters. The molecule has 2 unspecified atom stereocenters. The van der Waals surface area contributed by atoms with Gasteiger partial charge in [-0.15, -0.1) is 0 Å². The first-order valence-electron chi connectivity index (χ1n) is 7.79. The zero-order valence-electron chi connectivity index (χ0n) is 13.0. The monoisotopic (exact) mass is 269 g/mol. The van der Waals surface area contributed by atoms with E-state index in [0.717, 1.165) is 32.2 Å². The van der Waals surface area contributed by atoms with Gasteiger partial charge in [-0.3, -0.25) is 0 Å². The minimum Gasteiger partial charge on any atom is -0.381 e. The third-order valence-corrected chi connectivity index (χ3v) is 4.60. The van der Waals surface area contributed by atoms with Gasteiger partial charge in [-0.1, -0.05) is 6.92 Å². The van der Waals surface area contributed by atoms with Crippen LogP contribution in [0.3, 0.4) is 0 Å². The molecule has 0 aromatic rings. The third kappa shape index (κ3) is 4.42. The van der Waals surface area contributed by atoms with E-state index in [-0.39, 0.29) is 0 Å². The zero-order chi connectivity index (χ0) is 13.7. The Hall–Kier alpha value is -0.160. The summed E-state index contributed by atoms with van der Waals surface area (Å²) in [6, 6.07) is 0. The molecule has 0 amide bonds. The van der Waals surface area contributed by atoms with Crippen molar-refractivity contribution in [2.24, 2.45) is 11.3 Å². The summed E-state index contributed by atoms with van der Waals surface area (Å²) >= 11 is 0. The van der Waals surface area contributed by atoms with E-state index in [2.05, 4.69) is 36.1 Å². The fourth-order valence-corrected chi connectivity index (χ4v) is 3.61. The molecule has 2 heterocycles. The van der Waals surface area contributed by atoms with Gasteiger partial charge in [0, 0.05) is 38.2 Å². The summed E-state index contributed by atoms with van der Waals surface area (Å²) in [5, 5.41) is 3.52. The number of nitrogens with one attached hydrogen (secondary N) is 1. The molecule has 0 bridgehead atoms. The maximum Gasteiger partial charge on any atom is 0.0547 e. The second-order valence-corrected chi connectivity index (χ2v) is 6.70. The van der Waals surface area contributed by atoms with Crippen molar-refractivity contribution in [2.45, 2.75) is 19.8 Å². The van der Waals surface area contributed by atoms with E-state index < -0.39 is 0 Å². The maximum atomic E-state index is 5.67. The van der Waals surface area contributed by atoms with Crippen LogP contribution in [0.25, 0.3) is 0 Å². The molecule has 2 aliphatic rings. The summed E-state index contributed by atoms with van der Waals surface area (Å²) in [5.41, 5.74) is 0.343. The molecule has 0 spiro atoms. The van der Waals surface area contributed by atoms with E-state index in [1.807, 2.05) is 0 Å². The fraction of sp³-hybridized carbons (Fsp3) is 1.00. The average molecular weight is 269 g/mol. The first-order valence-corrected chi connectivity index (χ1v) is 7.79. The Balaban J connectivity index is 1.79. The van der Waals surface area contributed by atoms with Gasteiger partial charge in [-0.2, -0.15) is 0 Å². The highest BCUT2D eigenvalue weighted by Gasteiger charge is 2.36. The predicted molar refractivity (Wildman–Crippen MR) is 79.5 cm³/mol. The van der Waals surface area contributed by atoms with Crippen molar-refractivity contribution in [3.8, 4) is 0 Å². The Kier molecular flexibility index (Phi) is 5.63. The number of ether oxygens (including phenoxy) is 1. The molecule has 2 fully saturated rings. The zero-order valence-corrected chi connectivity index (χ0v) is 13.0. The minimum absolute atomic E-state index is 0.343. The van der Waals surface area contributed by atoms with Crippen LogP contribution >= 0.6 is 0 Å². The second kappa shape index (κ2) is 7.02. The lowest BCUT2D eigenvalue weighted by atomic mass is 9.86. The van der Waals surface area contributed by atoms with Crippen LogP contribution in [0, 0.1) is 11.3 Å². The molecule has 0 radical (unpaired) electrons. The molecule has 19 heavy (non-hydrogen) atoms. The van der Waals surface area contributed by atoms with Crippen LogP contribution in [0.5, 0.6) is 0 Å². The molecule has 0 aliphatic carbocycles. The van der Waals surface area contributed by atoms with Crippen molar-refractivity contribution in [1.29, 1.82) is 0 Å². The van der Waals surface area contributed by atoms with Gasteiger partial charge in [-0.25, -0.2) is 0 Å². The predicted octanol–water partition coefficient (Wildman–Crippen LogP) is 0.886. The van der Waals surface area contributed by atoms with Crippen LogP contribution in [0.2, 0.25) is 0 Å². The van der Waals surface area contributed by atoms with E-state index in [0.29, 0.717) is 5.41 Å². The van der Waals surface area contributed by atoms with Crippen molar-refractivity contribution >= 4 is 0 Å². The SMILES string of the molecule is CCNCC1(CN(C)CC2CCN(C)C2)CCOC1. The summed E-state index contributed by atoms with van der Waals surface area (Å²) in [6.45, 7) is 11.1. The molecule has 2 aliphatic heterocycles. The standard InChI is InChI=1S/C15H31N3O/c1-4-16-11-15(6-8-19-13-15)12-18(3)10-14-5-7-17(2)9-14/h14,16H,4-13H2,1-3H3. The van der Waals surface area contributed by atoms with Crippen molar-refractivity contribution in [3.63, 3.8) is 0 Å². The lowest BCUT2D eigenvalue weighted by Gasteiger charge is -2.33. The Morgan fingerprint density at radius 1 is 1.47 bits per heavy atom. The molecule has 1 N–H and O–H groups in total. The Labute approximate surface area is 118 Å². The summed E-state index contributed by atoms with van der Waals surface area (Å²) < 4.78 is 5.67.